The fraction of sp³-hybridized carbons (Fsp3) is 0.208. The van der Waals surface area contributed by atoms with Crippen LogP contribution in [0, 0.1) is 0 Å². The van der Waals surface area contributed by atoms with Gasteiger partial charge in [0.05, 0.1) is 24.3 Å². The lowest BCUT2D eigenvalue weighted by Crippen LogP contribution is -2.27. The van der Waals surface area contributed by atoms with E-state index in [0.717, 1.165) is 27.0 Å². The number of hydrogen-bond donors (Lipinski definition) is 1. The van der Waals surface area contributed by atoms with E-state index in [4.69, 9.17) is 21.1 Å². The Morgan fingerprint density at radius 1 is 1.13 bits per heavy atom. The summed E-state index contributed by atoms with van der Waals surface area (Å²) >= 11 is 7.83. The molecule has 4 aromatic rings. The lowest BCUT2D eigenvalue weighted by atomic mass is 10.2. The Morgan fingerprint density at radius 2 is 2.00 bits per heavy atom. The molecule has 160 valence electrons. The first kappa shape index (κ1) is 21.3. The highest BCUT2D eigenvalue weighted by atomic mass is 35.5. The van der Waals surface area contributed by atoms with Crippen LogP contribution in [-0.4, -0.2) is 24.2 Å². The van der Waals surface area contributed by atoms with Crippen LogP contribution in [-0.2, 0) is 17.9 Å². The van der Waals surface area contributed by atoms with Crippen molar-refractivity contribution in [3.63, 3.8) is 0 Å². The smallest absolute Gasteiger partial charge is 0.240 e. The average Bonchev–Trinajstić information content (AvgIpc) is 3.41. The highest BCUT2D eigenvalue weighted by Crippen LogP contribution is 2.32. The Kier molecular flexibility index (Phi) is 6.49. The van der Waals surface area contributed by atoms with Gasteiger partial charge in [-0.3, -0.25) is 4.79 Å². The van der Waals surface area contributed by atoms with Crippen molar-refractivity contribution in [1.29, 1.82) is 0 Å². The van der Waals surface area contributed by atoms with E-state index in [0.29, 0.717) is 29.7 Å². The van der Waals surface area contributed by atoms with Crippen LogP contribution in [0.25, 0.3) is 21.5 Å². The Labute approximate surface area is 190 Å². The molecule has 0 fully saturated rings. The molecule has 2 heterocycles. The Balaban J connectivity index is 1.54. The highest BCUT2D eigenvalue weighted by molar-refractivity contribution is 7.13. The van der Waals surface area contributed by atoms with E-state index in [1.54, 1.807) is 18.4 Å². The molecule has 0 aliphatic rings. The van der Waals surface area contributed by atoms with Gasteiger partial charge in [0.25, 0.3) is 0 Å². The standard InChI is InChI=1S/C24H23ClN2O3S/c1-3-30-22-11-16(6-9-21(22)29-2)14-26-24(28)15-27-19-8-7-18(25)12-17(19)13-20(27)23-5-4-10-31-23/h4-13H,3,14-15H2,1-2H3,(H,26,28). The number of rotatable bonds is 8. The molecule has 2 aromatic heterocycles. The first-order chi connectivity index (χ1) is 15.1. The number of carbonyl (C=O) groups is 1. The lowest BCUT2D eigenvalue weighted by Gasteiger charge is -2.13. The number of methoxy groups -OCH3 is 1. The van der Waals surface area contributed by atoms with Crippen molar-refractivity contribution in [2.24, 2.45) is 0 Å². The molecule has 2 aromatic carbocycles. The summed E-state index contributed by atoms with van der Waals surface area (Å²) in [5, 5.41) is 6.74. The van der Waals surface area contributed by atoms with E-state index < -0.39 is 0 Å². The summed E-state index contributed by atoms with van der Waals surface area (Å²) in [5.74, 6) is 1.28. The zero-order chi connectivity index (χ0) is 21.8. The Morgan fingerprint density at radius 3 is 2.74 bits per heavy atom. The first-order valence-corrected chi connectivity index (χ1v) is 11.2. The summed E-state index contributed by atoms with van der Waals surface area (Å²) in [6.45, 7) is 3.09. The van der Waals surface area contributed by atoms with E-state index in [-0.39, 0.29) is 12.5 Å². The predicted molar refractivity (Wildman–Crippen MR) is 126 cm³/mol. The normalized spacial score (nSPS) is 10.9. The van der Waals surface area contributed by atoms with Gasteiger partial charge < -0.3 is 19.4 Å². The van der Waals surface area contributed by atoms with Gasteiger partial charge in [0.15, 0.2) is 11.5 Å². The Hall–Kier alpha value is -2.96. The molecule has 0 atom stereocenters. The van der Waals surface area contributed by atoms with Gasteiger partial charge in [-0.1, -0.05) is 23.7 Å². The largest absolute Gasteiger partial charge is 0.493 e. The number of ether oxygens (including phenoxy) is 2. The molecule has 0 saturated carbocycles. The van der Waals surface area contributed by atoms with Gasteiger partial charge in [-0.2, -0.15) is 0 Å². The third kappa shape index (κ3) is 4.70. The van der Waals surface area contributed by atoms with E-state index in [9.17, 15) is 4.79 Å². The molecule has 0 unspecified atom stereocenters. The van der Waals surface area contributed by atoms with Crippen LogP contribution in [0.15, 0.2) is 60.0 Å². The quantitative estimate of drug-likeness (QED) is 0.369. The van der Waals surface area contributed by atoms with Gasteiger partial charge in [-0.25, -0.2) is 0 Å². The molecule has 1 amide bonds. The van der Waals surface area contributed by atoms with Crippen molar-refractivity contribution in [1.82, 2.24) is 9.88 Å². The number of benzene rings is 2. The summed E-state index contributed by atoms with van der Waals surface area (Å²) in [4.78, 5) is 13.9. The number of nitrogens with one attached hydrogen (secondary N) is 1. The zero-order valence-electron chi connectivity index (χ0n) is 17.4. The molecule has 31 heavy (non-hydrogen) atoms. The number of amides is 1. The highest BCUT2D eigenvalue weighted by Gasteiger charge is 2.15. The third-order valence-corrected chi connectivity index (χ3v) is 6.08. The predicted octanol–water partition coefficient (Wildman–Crippen LogP) is 5.75. The van der Waals surface area contributed by atoms with E-state index in [1.807, 2.05) is 59.3 Å². The second-order valence-electron chi connectivity index (χ2n) is 6.99. The minimum atomic E-state index is -0.0703. The maximum absolute atomic E-state index is 12.8. The first-order valence-electron chi connectivity index (χ1n) is 9.98. The number of hydrogen-bond acceptors (Lipinski definition) is 4. The number of aromatic nitrogens is 1. The number of nitrogens with zero attached hydrogens (tertiary/aromatic N) is 1. The Bertz CT molecular complexity index is 1200. The van der Waals surface area contributed by atoms with Gasteiger partial charge in [0.1, 0.15) is 6.54 Å². The third-order valence-electron chi connectivity index (χ3n) is 4.96. The fourth-order valence-electron chi connectivity index (χ4n) is 3.54. The van der Waals surface area contributed by atoms with Crippen molar-refractivity contribution in [2.75, 3.05) is 13.7 Å². The summed E-state index contributed by atoms with van der Waals surface area (Å²) in [5.41, 5.74) is 2.93. The molecule has 1 N–H and O–H groups in total. The molecule has 0 bridgehead atoms. The molecule has 5 nitrogen and oxygen atoms in total. The van der Waals surface area contributed by atoms with Crippen LogP contribution < -0.4 is 14.8 Å². The molecule has 0 spiro atoms. The van der Waals surface area contributed by atoms with E-state index >= 15 is 0 Å². The van der Waals surface area contributed by atoms with Crippen molar-refractivity contribution < 1.29 is 14.3 Å². The summed E-state index contributed by atoms with van der Waals surface area (Å²) in [6.07, 6.45) is 0. The molecule has 0 radical (unpaired) electrons. The van der Waals surface area contributed by atoms with Gasteiger partial charge in [0, 0.05) is 22.5 Å². The zero-order valence-corrected chi connectivity index (χ0v) is 18.9. The van der Waals surface area contributed by atoms with Crippen LogP contribution in [0.4, 0.5) is 0 Å². The van der Waals surface area contributed by atoms with Gasteiger partial charge in [-0.15, -0.1) is 11.3 Å². The monoisotopic (exact) mass is 454 g/mol. The van der Waals surface area contributed by atoms with E-state index in [1.165, 1.54) is 0 Å². The molecular formula is C24H23ClN2O3S. The topological polar surface area (TPSA) is 52.5 Å². The molecule has 0 aliphatic heterocycles. The summed E-state index contributed by atoms with van der Waals surface area (Å²) in [6, 6.07) is 17.6. The van der Waals surface area contributed by atoms with Gasteiger partial charge in [-0.05, 0) is 60.3 Å². The minimum absolute atomic E-state index is 0.0703. The maximum atomic E-state index is 12.8. The van der Waals surface area contributed by atoms with Crippen LogP contribution in [0.3, 0.4) is 0 Å². The number of carbonyl (C=O) groups excluding carboxylic acids is 1. The van der Waals surface area contributed by atoms with Crippen molar-refractivity contribution >= 4 is 39.7 Å². The van der Waals surface area contributed by atoms with Crippen LogP contribution in [0.5, 0.6) is 11.5 Å². The van der Waals surface area contributed by atoms with Crippen molar-refractivity contribution in [3.05, 3.63) is 70.6 Å². The van der Waals surface area contributed by atoms with E-state index in [2.05, 4.69) is 17.4 Å². The number of thiophene rings is 1. The lowest BCUT2D eigenvalue weighted by molar-refractivity contribution is -0.121. The fourth-order valence-corrected chi connectivity index (χ4v) is 4.47. The van der Waals surface area contributed by atoms with Crippen LogP contribution in [0.1, 0.15) is 12.5 Å². The van der Waals surface area contributed by atoms with Gasteiger partial charge in [0.2, 0.25) is 5.91 Å². The summed E-state index contributed by atoms with van der Waals surface area (Å²) < 4.78 is 13.0. The number of fused-ring (bicyclic) bond motifs is 1. The minimum Gasteiger partial charge on any atom is -0.493 e. The molecule has 4 rings (SSSR count). The second-order valence-corrected chi connectivity index (χ2v) is 8.38. The SMILES string of the molecule is CCOc1cc(CNC(=O)Cn2c(-c3cccs3)cc3cc(Cl)ccc32)ccc1OC. The van der Waals surface area contributed by atoms with Gasteiger partial charge >= 0.3 is 0 Å². The average molecular weight is 455 g/mol. The van der Waals surface area contributed by atoms with Crippen LogP contribution >= 0.6 is 22.9 Å². The molecule has 0 aliphatic carbocycles. The molecule has 7 heteroatoms. The molecule has 0 saturated heterocycles. The van der Waals surface area contributed by atoms with Crippen molar-refractivity contribution in [3.8, 4) is 22.1 Å². The second kappa shape index (κ2) is 9.45. The molecular weight excluding hydrogens is 432 g/mol. The van der Waals surface area contributed by atoms with Crippen LogP contribution in [0.2, 0.25) is 5.02 Å². The number of halogens is 1. The van der Waals surface area contributed by atoms with Crippen molar-refractivity contribution in [2.45, 2.75) is 20.0 Å². The summed E-state index contributed by atoms with van der Waals surface area (Å²) in [7, 11) is 1.61. The maximum Gasteiger partial charge on any atom is 0.240 e.